The summed E-state index contributed by atoms with van der Waals surface area (Å²) in [6.07, 6.45) is 3.97. The van der Waals surface area contributed by atoms with Gasteiger partial charge in [0.05, 0.1) is 21.1 Å². The van der Waals surface area contributed by atoms with Crippen molar-refractivity contribution in [2.45, 2.75) is 32.2 Å². The fourth-order valence-electron chi connectivity index (χ4n) is 5.03. The fourth-order valence-corrected chi connectivity index (χ4v) is 5.29. The van der Waals surface area contributed by atoms with Crippen LogP contribution in [0.2, 0.25) is 5.02 Å². The van der Waals surface area contributed by atoms with Crippen molar-refractivity contribution >= 4 is 40.5 Å². The molecular formula is C28H27ClN4O4. The second kappa shape index (κ2) is 10.6. The Labute approximate surface area is 220 Å². The van der Waals surface area contributed by atoms with Crippen molar-refractivity contribution in [3.63, 3.8) is 0 Å². The van der Waals surface area contributed by atoms with Gasteiger partial charge in [0, 0.05) is 49.7 Å². The Morgan fingerprint density at radius 3 is 2.38 bits per heavy atom. The number of nitrogens with zero attached hydrogens (tertiary/aromatic N) is 3. The van der Waals surface area contributed by atoms with Crippen molar-refractivity contribution in [3.05, 3.63) is 98.1 Å². The van der Waals surface area contributed by atoms with Gasteiger partial charge in [-0.25, -0.2) is 0 Å². The van der Waals surface area contributed by atoms with Gasteiger partial charge in [-0.05, 0) is 61.1 Å². The Morgan fingerprint density at radius 2 is 1.65 bits per heavy atom. The molecule has 0 spiro atoms. The maximum Gasteiger partial charge on any atom is 0.270 e. The lowest BCUT2D eigenvalue weighted by molar-refractivity contribution is -0.384. The van der Waals surface area contributed by atoms with Crippen molar-refractivity contribution in [1.29, 1.82) is 0 Å². The molecule has 0 saturated carbocycles. The highest BCUT2D eigenvalue weighted by Gasteiger charge is 2.26. The van der Waals surface area contributed by atoms with Crippen molar-refractivity contribution < 1.29 is 14.5 Å². The molecular weight excluding hydrogens is 492 g/mol. The van der Waals surface area contributed by atoms with Gasteiger partial charge in [-0.2, -0.15) is 0 Å². The van der Waals surface area contributed by atoms with Gasteiger partial charge in [-0.3, -0.25) is 19.7 Å². The van der Waals surface area contributed by atoms with E-state index in [0.717, 1.165) is 57.1 Å². The number of non-ortho nitro benzene ring substituents is 1. The van der Waals surface area contributed by atoms with E-state index in [9.17, 15) is 19.7 Å². The zero-order valence-corrected chi connectivity index (χ0v) is 21.0. The van der Waals surface area contributed by atoms with E-state index < -0.39 is 10.8 Å². The second-order valence-corrected chi connectivity index (χ2v) is 9.81. The number of nitro benzene ring substituents is 1. The van der Waals surface area contributed by atoms with Gasteiger partial charge >= 0.3 is 0 Å². The molecule has 8 nitrogen and oxygen atoms in total. The molecule has 2 aliphatic rings. The minimum atomic E-state index is -0.566. The molecule has 190 valence electrons. The van der Waals surface area contributed by atoms with Crippen LogP contribution in [0.1, 0.15) is 51.1 Å². The van der Waals surface area contributed by atoms with Crippen LogP contribution in [0.25, 0.3) is 0 Å². The van der Waals surface area contributed by atoms with E-state index in [-0.39, 0.29) is 22.2 Å². The standard InChI is InChI=1S/C28H27ClN4O4/c29-25-17-22(33(36)37)9-10-23(25)27(34)30-21-8-11-26(24(16-21)28(35)31-13-4-1-5-14-31)32-15-12-19-6-2-3-7-20(19)18-32/h2-3,6-11,16-17H,1,4-5,12-15,18H2,(H,30,34). The summed E-state index contributed by atoms with van der Waals surface area (Å²) >= 11 is 6.15. The van der Waals surface area contributed by atoms with E-state index in [1.165, 1.54) is 23.3 Å². The summed E-state index contributed by atoms with van der Waals surface area (Å²) in [7, 11) is 0. The van der Waals surface area contributed by atoms with Crippen molar-refractivity contribution in [2.24, 2.45) is 0 Å². The Morgan fingerprint density at radius 1 is 0.892 bits per heavy atom. The van der Waals surface area contributed by atoms with Crippen molar-refractivity contribution in [2.75, 3.05) is 29.9 Å². The first-order valence-corrected chi connectivity index (χ1v) is 12.8. The van der Waals surface area contributed by atoms with Crippen molar-refractivity contribution in [3.8, 4) is 0 Å². The van der Waals surface area contributed by atoms with Crippen LogP contribution in [-0.2, 0) is 13.0 Å². The highest BCUT2D eigenvalue weighted by atomic mass is 35.5. The van der Waals surface area contributed by atoms with Gasteiger partial charge in [0.25, 0.3) is 17.5 Å². The summed E-state index contributed by atoms with van der Waals surface area (Å²) < 4.78 is 0. The third-order valence-electron chi connectivity index (χ3n) is 7.01. The van der Waals surface area contributed by atoms with Crippen LogP contribution in [0.15, 0.2) is 60.7 Å². The average molecular weight is 519 g/mol. The number of nitrogens with one attached hydrogen (secondary N) is 1. The fraction of sp³-hybridized carbons (Fsp3) is 0.286. The largest absolute Gasteiger partial charge is 0.366 e. The Bertz CT molecular complexity index is 1370. The normalized spacial score (nSPS) is 15.2. The number of carbonyl (C=O) groups is 2. The minimum Gasteiger partial charge on any atom is -0.366 e. The zero-order chi connectivity index (χ0) is 25.9. The van der Waals surface area contributed by atoms with Crippen LogP contribution < -0.4 is 10.2 Å². The number of amides is 2. The van der Waals surface area contributed by atoms with E-state index in [1.807, 2.05) is 17.0 Å². The first-order valence-electron chi connectivity index (χ1n) is 12.4. The molecule has 5 rings (SSSR count). The number of rotatable bonds is 5. The lowest BCUT2D eigenvalue weighted by Gasteiger charge is -2.34. The molecule has 0 atom stereocenters. The van der Waals surface area contributed by atoms with Crippen LogP contribution in [0, 0.1) is 10.1 Å². The summed E-state index contributed by atoms with van der Waals surface area (Å²) in [4.78, 5) is 41.2. The number of fused-ring (bicyclic) bond motifs is 1. The van der Waals surface area contributed by atoms with Crippen molar-refractivity contribution in [1.82, 2.24) is 4.90 Å². The van der Waals surface area contributed by atoms with E-state index in [0.29, 0.717) is 17.8 Å². The van der Waals surface area contributed by atoms with Crippen LogP contribution >= 0.6 is 11.6 Å². The molecule has 0 radical (unpaired) electrons. The molecule has 0 unspecified atom stereocenters. The molecule has 2 heterocycles. The Kier molecular flexibility index (Phi) is 7.10. The number of hydrogen-bond donors (Lipinski definition) is 1. The SMILES string of the molecule is O=C(Nc1ccc(N2CCc3ccccc3C2)c(C(=O)N2CCCCC2)c1)c1ccc([N+](=O)[O-])cc1Cl. The molecule has 0 aromatic heterocycles. The van der Waals surface area contributed by atoms with Crippen LogP contribution in [0.4, 0.5) is 17.1 Å². The van der Waals surface area contributed by atoms with Gasteiger partial charge in [0.15, 0.2) is 0 Å². The number of anilines is 2. The molecule has 0 bridgehead atoms. The third kappa shape index (κ3) is 5.29. The summed E-state index contributed by atoms with van der Waals surface area (Å²) in [5.74, 6) is -0.547. The van der Waals surface area contributed by atoms with Crippen LogP contribution in [0.3, 0.4) is 0 Å². The van der Waals surface area contributed by atoms with Gasteiger partial charge in [0.1, 0.15) is 0 Å². The quantitative estimate of drug-likeness (QED) is 0.346. The average Bonchev–Trinajstić information content (AvgIpc) is 2.92. The number of hydrogen-bond acceptors (Lipinski definition) is 5. The van der Waals surface area contributed by atoms with Gasteiger partial charge in [-0.15, -0.1) is 0 Å². The number of benzene rings is 3. The number of piperidine rings is 1. The van der Waals surface area contributed by atoms with E-state index >= 15 is 0 Å². The van der Waals surface area contributed by atoms with Crippen LogP contribution in [-0.4, -0.2) is 41.3 Å². The van der Waals surface area contributed by atoms with Gasteiger partial charge in [0.2, 0.25) is 0 Å². The Hall–Kier alpha value is -3.91. The molecule has 9 heteroatoms. The minimum absolute atomic E-state index is 0.0140. The molecule has 2 amide bonds. The van der Waals surface area contributed by atoms with E-state index in [4.69, 9.17) is 11.6 Å². The van der Waals surface area contributed by atoms with Crippen LogP contribution in [0.5, 0.6) is 0 Å². The molecule has 1 fully saturated rings. The number of nitro groups is 1. The summed E-state index contributed by atoms with van der Waals surface area (Å²) in [6.45, 7) is 2.94. The predicted octanol–water partition coefficient (Wildman–Crippen LogP) is 5.69. The highest BCUT2D eigenvalue weighted by molar-refractivity contribution is 6.34. The molecule has 3 aromatic carbocycles. The summed E-state index contributed by atoms with van der Waals surface area (Å²) in [6, 6.07) is 17.5. The maximum absolute atomic E-state index is 13.7. The van der Waals surface area contributed by atoms with Gasteiger partial charge < -0.3 is 15.1 Å². The first-order chi connectivity index (χ1) is 17.9. The van der Waals surface area contributed by atoms with E-state index in [2.05, 4.69) is 28.4 Å². The number of likely N-dealkylation sites (tertiary alicyclic amines) is 1. The third-order valence-corrected chi connectivity index (χ3v) is 7.32. The van der Waals surface area contributed by atoms with E-state index in [1.54, 1.807) is 12.1 Å². The number of carbonyl (C=O) groups excluding carboxylic acids is 2. The predicted molar refractivity (Wildman–Crippen MR) is 143 cm³/mol. The molecule has 1 saturated heterocycles. The molecule has 0 aliphatic carbocycles. The lowest BCUT2D eigenvalue weighted by atomic mass is 9.98. The molecule has 3 aromatic rings. The monoisotopic (exact) mass is 518 g/mol. The van der Waals surface area contributed by atoms with Gasteiger partial charge in [-0.1, -0.05) is 35.9 Å². The summed E-state index contributed by atoms with van der Waals surface area (Å²) in [5, 5.41) is 13.8. The smallest absolute Gasteiger partial charge is 0.270 e. The molecule has 2 aliphatic heterocycles. The topological polar surface area (TPSA) is 95.8 Å². The molecule has 1 N–H and O–H groups in total. The lowest BCUT2D eigenvalue weighted by Crippen LogP contribution is -2.38. The highest BCUT2D eigenvalue weighted by Crippen LogP contribution is 2.32. The Balaban J connectivity index is 1.45. The zero-order valence-electron chi connectivity index (χ0n) is 20.3. The second-order valence-electron chi connectivity index (χ2n) is 9.40. The maximum atomic E-state index is 13.7. The molecule has 37 heavy (non-hydrogen) atoms. The number of halogens is 1. The first kappa shape index (κ1) is 24.8. The summed E-state index contributed by atoms with van der Waals surface area (Å²) in [5.41, 5.74) is 4.35.